The van der Waals surface area contributed by atoms with Crippen LogP contribution in [0.4, 0.5) is 0 Å². The van der Waals surface area contributed by atoms with Gasteiger partial charge in [0, 0.05) is 31.7 Å². The van der Waals surface area contributed by atoms with Crippen molar-refractivity contribution in [3.05, 3.63) is 65.2 Å². The van der Waals surface area contributed by atoms with E-state index in [0.717, 1.165) is 13.1 Å². The van der Waals surface area contributed by atoms with Gasteiger partial charge in [-0.15, -0.1) is 0 Å². The van der Waals surface area contributed by atoms with Gasteiger partial charge in [0.25, 0.3) is 11.7 Å². The zero-order valence-electron chi connectivity index (χ0n) is 19.5. The Bertz CT molecular complexity index is 1060. The zero-order valence-corrected chi connectivity index (χ0v) is 19.5. The molecule has 0 bridgehead atoms. The van der Waals surface area contributed by atoms with Gasteiger partial charge in [-0.2, -0.15) is 0 Å². The van der Waals surface area contributed by atoms with Crippen molar-refractivity contribution in [2.75, 3.05) is 53.1 Å². The monoisotopic (exact) mass is 466 g/mol. The van der Waals surface area contributed by atoms with E-state index in [2.05, 4.69) is 4.90 Å². The Kier molecular flexibility index (Phi) is 7.49. The minimum Gasteiger partial charge on any atom is -0.507 e. The zero-order chi connectivity index (χ0) is 24.1. The third kappa shape index (κ3) is 4.78. The van der Waals surface area contributed by atoms with E-state index in [4.69, 9.17) is 14.2 Å². The van der Waals surface area contributed by atoms with Crippen LogP contribution in [0, 0.1) is 0 Å². The second-order valence-electron chi connectivity index (χ2n) is 8.16. The van der Waals surface area contributed by atoms with Crippen molar-refractivity contribution in [2.24, 2.45) is 0 Å². The summed E-state index contributed by atoms with van der Waals surface area (Å²) in [6, 6.07) is 13.4. The molecule has 0 unspecified atom stereocenters. The highest BCUT2D eigenvalue weighted by Crippen LogP contribution is 2.41. The number of rotatable bonds is 8. The number of methoxy groups -OCH3 is 1. The van der Waals surface area contributed by atoms with Crippen molar-refractivity contribution in [3.8, 4) is 11.5 Å². The standard InChI is InChI=1S/C26H30N2O6/c1-3-34-20-10-9-19(17-21(20)32-2)23-22(24(29)18-7-5-4-6-8-18)25(30)26(31)28(23)12-11-27-13-15-33-16-14-27/h4-10,17,23,29H,3,11-16H2,1-2H3/t23-/m1/s1. The normalized spacial score (nSPS) is 20.5. The molecule has 0 aromatic heterocycles. The number of Topliss-reactive ketones (excluding diaryl/α,β-unsaturated/α-hetero) is 1. The number of benzene rings is 2. The molecule has 0 radical (unpaired) electrons. The summed E-state index contributed by atoms with van der Waals surface area (Å²) in [6.07, 6.45) is 0. The maximum atomic E-state index is 13.2. The summed E-state index contributed by atoms with van der Waals surface area (Å²) < 4.78 is 16.6. The van der Waals surface area contributed by atoms with Crippen LogP contribution in [0.15, 0.2) is 54.1 Å². The molecule has 2 saturated heterocycles. The Hall–Kier alpha value is -3.36. The molecule has 0 saturated carbocycles. The van der Waals surface area contributed by atoms with E-state index in [1.807, 2.05) is 19.1 Å². The highest BCUT2D eigenvalue weighted by atomic mass is 16.5. The molecular weight excluding hydrogens is 436 g/mol. The Morgan fingerprint density at radius 1 is 1.06 bits per heavy atom. The first kappa shape index (κ1) is 23.8. The van der Waals surface area contributed by atoms with Gasteiger partial charge in [-0.05, 0) is 24.6 Å². The van der Waals surface area contributed by atoms with Crippen molar-refractivity contribution < 1.29 is 28.9 Å². The molecule has 2 fully saturated rings. The van der Waals surface area contributed by atoms with Gasteiger partial charge in [-0.25, -0.2) is 0 Å². The molecule has 8 heteroatoms. The molecule has 2 heterocycles. The Morgan fingerprint density at radius 2 is 1.79 bits per heavy atom. The maximum Gasteiger partial charge on any atom is 0.295 e. The van der Waals surface area contributed by atoms with Crippen LogP contribution in [-0.4, -0.2) is 79.7 Å². The van der Waals surface area contributed by atoms with Gasteiger partial charge in [0.05, 0.1) is 38.5 Å². The van der Waals surface area contributed by atoms with E-state index < -0.39 is 17.7 Å². The molecular formula is C26H30N2O6. The van der Waals surface area contributed by atoms with Crippen molar-refractivity contribution in [3.63, 3.8) is 0 Å². The number of nitrogens with zero attached hydrogens (tertiary/aromatic N) is 2. The van der Waals surface area contributed by atoms with E-state index in [1.54, 1.807) is 48.4 Å². The molecule has 0 spiro atoms. The number of morpholine rings is 1. The van der Waals surface area contributed by atoms with Crippen molar-refractivity contribution in [1.82, 2.24) is 9.80 Å². The molecule has 1 amide bonds. The minimum absolute atomic E-state index is 0.0735. The van der Waals surface area contributed by atoms with Gasteiger partial charge >= 0.3 is 0 Å². The van der Waals surface area contributed by atoms with E-state index in [9.17, 15) is 14.7 Å². The number of hydrogen-bond acceptors (Lipinski definition) is 7. The lowest BCUT2D eigenvalue weighted by molar-refractivity contribution is -0.140. The van der Waals surface area contributed by atoms with E-state index in [0.29, 0.717) is 55.5 Å². The molecule has 1 N–H and O–H groups in total. The Morgan fingerprint density at radius 3 is 2.47 bits per heavy atom. The third-order valence-corrected chi connectivity index (χ3v) is 6.15. The fraction of sp³-hybridized carbons (Fsp3) is 0.385. The van der Waals surface area contributed by atoms with Gasteiger partial charge in [-0.3, -0.25) is 14.5 Å². The van der Waals surface area contributed by atoms with Crippen molar-refractivity contribution in [1.29, 1.82) is 0 Å². The third-order valence-electron chi connectivity index (χ3n) is 6.15. The summed E-state index contributed by atoms with van der Waals surface area (Å²) >= 11 is 0. The van der Waals surface area contributed by atoms with Crippen molar-refractivity contribution in [2.45, 2.75) is 13.0 Å². The van der Waals surface area contributed by atoms with E-state index in [-0.39, 0.29) is 11.3 Å². The van der Waals surface area contributed by atoms with Crippen molar-refractivity contribution >= 4 is 17.4 Å². The first-order valence-corrected chi connectivity index (χ1v) is 11.5. The fourth-order valence-electron chi connectivity index (χ4n) is 4.41. The topological polar surface area (TPSA) is 88.5 Å². The van der Waals surface area contributed by atoms with Gasteiger partial charge in [0.2, 0.25) is 0 Å². The number of amides is 1. The van der Waals surface area contributed by atoms with E-state index in [1.165, 1.54) is 0 Å². The SMILES string of the molecule is CCOc1ccc([C@@H]2C(=C(O)c3ccccc3)C(=O)C(=O)N2CCN2CCOCC2)cc1OC. The number of carbonyl (C=O) groups is 2. The number of ether oxygens (including phenoxy) is 3. The lowest BCUT2D eigenvalue weighted by Gasteiger charge is -2.31. The summed E-state index contributed by atoms with van der Waals surface area (Å²) in [5, 5.41) is 11.1. The second-order valence-corrected chi connectivity index (χ2v) is 8.16. The molecule has 2 aliphatic rings. The number of likely N-dealkylation sites (tertiary alicyclic amines) is 1. The molecule has 8 nitrogen and oxygen atoms in total. The Labute approximate surface area is 199 Å². The summed E-state index contributed by atoms with van der Waals surface area (Å²) in [7, 11) is 1.54. The first-order valence-electron chi connectivity index (χ1n) is 11.5. The molecule has 1 atom stereocenters. The van der Waals surface area contributed by atoms with Gasteiger partial charge in [0.15, 0.2) is 11.5 Å². The predicted octanol–water partition coefficient (Wildman–Crippen LogP) is 2.85. The lowest BCUT2D eigenvalue weighted by atomic mass is 9.95. The molecule has 2 aromatic rings. The van der Waals surface area contributed by atoms with Crippen LogP contribution < -0.4 is 9.47 Å². The summed E-state index contributed by atoms with van der Waals surface area (Å²) in [5.41, 5.74) is 1.22. The number of aliphatic hydroxyl groups excluding tert-OH is 1. The number of carbonyl (C=O) groups excluding carboxylic acids is 2. The largest absolute Gasteiger partial charge is 0.507 e. The van der Waals surface area contributed by atoms with Crippen LogP contribution >= 0.6 is 0 Å². The van der Waals surface area contributed by atoms with Crippen LogP contribution in [0.1, 0.15) is 24.1 Å². The molecule has 2 aliphatic heterocycles. The Balaban J connectivity index is 1.76. The summed E-state index contributed by atoms with van der Waals surface area (Å²) in [6.45, 7) is 6.14. The number of hydrogen-bond donors (Lipinski definition) is 1. The summed E-state index contributed by atoms with van der Waals surface area (Å²) in [4.78, 5) is 30.1. The first-order chi connectivity index (χ1) is 16.5. The summed E-state index contributed by atoms with van der Waals surface area (Å²) in [5.74, 6) is -0.435. The average Bonchev–Trinajstić information content (AvgIpc) is 3.13. The quantitative estimate of drug-likeness (QED) is 0.364. The van der Waals surface area contributed by atoms with Crippen LogP contribution in [0.2, 0.25) is 0 Å². The van der Waals surface area contributed by atoms with Crippen LogP contribution in [0.5, 0.6) is 11.5 Å². The highest BCUT2D eigenvalue weighted by Gasteiger charge is 2.46. The molecule has 2 aromatic carbocycles. The molecule has 180 valence electrons. The molecule has 4 rings (SSSR count). The minimum atomic E-state index is -0.745. The highest BCUT2D eigenvalue weighted by molar-refractivity contribution is 6.46. The number of ketones is 1. The maximum absolute atomic E-state index is 13.2. The fourth-order valence-corrected chi connectivity index (χ4v) is 4.41. The lowest BCUT2D eigenvalue weighted by Crippen LogP contribution is -2.42. The van der Waals surface area contributed by atoms with E-state index >= 15 is 0 Å². The van der Waals surface area contributed by atoms with Crippen LogP contribution in [0.3, 0.4) is 0 Å². The van der Waals surface area contributed by atoms with Crippen LogP contribution in [-0.2, 0) is 14.3 Å². The average molecular weight is 467 g/mol. The number of aliphatic hydroxyl groups is 1. The van der Waals surface area contributed by atoms with Gasteiger partial charge in [-0.1, -0.05) is 36.4 Å². The predicted molar refractivity (Wildman–Crippen MR) is 127 cm³/mol. The van der Waals surface area contributed by atoms with Gasteiger partial charge < -0.3 is 24.2 Å². The second kappa shape index (κ2) is 10.7. The molecule has 0 aliphatic carbocycles. The van der Waals surface area contributed by atoms with Crippen LogP contribution in [0.25, 0.3) is 5.76 Å². The van der Waals surface area contributed by atoms with Gasteiger partial charge in [0.1, 0.15) is 5.76 Å². The smallest absolute Gasteiger partial charge is 0.295 e. The molecule has 34 heavy (non-hydrogen) atoms.